The largest absolute Gasteiger partial charge is 0.251 e. The summed E-state index contributed by atoms with van der Waals surface area (Å²) in [5, 5.41) is 1.77. The number of hydrogen-bond acceptors (Lipinski definition) is 3. The smallest absolute Gasteiger partial charge is 0.207 e. The summed E-state index contributed by atoms with van der Waals surface area (Å²) in [6.45, 7) is 0. The van der Waals surface area contributed by atoms with Gasteiger partial charge in [-0.3, -0.25) is 0 Å². The van der Waals surface area contributed by atoms with Gasteiger partial charge in [-0.2, -0.15) is 0 Å². The van der Waals surface area contributed by atoms with Gasteiger partial charge >= 0.3 is 0 Å². The predicted octanol–water partition coefficient (Wildman–Crippen LogP) is 3.35. The Balaban J connectivity index is 1.79. The molecule has 1 aliphatic rings. The molecule has 0 aliphatic heterocycles. The monoisotopic (exact) mass is 371 g/mol. The molecule has 0 amide bonds. The van der Waals surface area contributed by atoms with Gasteiger partial charge in [0.25, 0.3) is 10.0 Å². The Bertz CT molecular complexity index is 724. The van der Waals surface area contributed by atoms with Gasteiger partial charge in [0.15, 0.2) is 0 Å². The molecule has 1 N–H and O–H groups in total. The molecule has 3 rings (SSSR count). The molecule has 106 valence electrons. The zero-order valence-corrected chi connectivity index (χ0v) is 13.9. The van der Waals surface area contributed by atoms with Gasteiger partial charge in [0.2, 0.25) is 0 Å². The summed E-state index contributed by atoms with van der Waals surface area (Å²) >= 11 is 4.52. The lowest BCUT2D eigenvalue weighted by Gasteiger charge is -2.25. The molecule has 0 fully saturated rings. The minimum Gasteiger partial charge on any atom is -0.207 e. The molecule has 20 heavy (non-hydrogen) atoms. The number of hydrogen-bond donors (Lipinski definition) is 1. The van der Waals surface area contributed by atoms with E-state index in [9.17, 15) is 8.42 Å². The van der Waals surface area contributed by atoms with Crippen molar-refractivity contribution in [2.45, 2.75) is 29.5 Å². The van der Waals surface area contributed by atoms with Crippen LogP contribution < -0.4 is 4.72 Å². The maximum absolute atomic E-state index is 12.4. The van der Waals surface area contributed by atoms with Crippen molar-refractivity contribution < 1.29 is 8.42 Å². The van der Waals surface area contributed by atoms with Crippen molar-refractivity contribution in [1.29, 1.82) is 0 Å². The summed E-state index contributed by atoms with van der Waals surface area (Å²) in [5.74, 6) is 0. The number of halogens is 1. The van der Waals surface area contributed by atoms with Crippen LogP contribution in [0, 0.1) is 0 Å². The first kappa shape index (κ1) is 14.3. The van der Waals surface area contributed by atoms with Crippen LogP contribution >= 0.6 is 27.3 Å². The average Bonchev–Trinajstić information content (AvgIpc) is 2.85. The van der Waals surface area contributed by atoms with Crippen LogP contribution in [0.15, 0.2) is 44.4 Å². The zero-order chi connectivity index (χ0) is 14.2. The van der Waals surface area contributed by atoms with Crippen LogP contribution in [0.4, 0.5) is 0 Å². The SMILES string of the molecule is O=S(=O)(NC1CCc2ccccc2C1)c1sccc1Br. The quantitative estimate of drug-likeness (QED) is 0.898. The third-order valence-corrected chi connectivity index (χ3v) is 7.69. The molecule has 1 heterocycles. The molecule has 2 aromatic rings. The second-order valence-electron chi connectivity index (χ2n) is 4.89. The summed E-state index contributed by atoms with van der Waals surface area (Å²) in [6.07, 6.45) is 2.53. The molecule has 0 bridgehead atoms. The van der Waals surface area contributed by atoms with Gasteiger partial charge in [0.05, 0.1) is 0 Å². The minimum absolute atomic E-state index is 0.0242. The van der Waals surface area contributed by atoms with Gasteiger partial charge in [-0.1, -0.05) is 24.3 Å². The Morgan fingerprint density at radius 3 is 2.65 bits per heavy atom. The van der Waals surface area contributed by atoms with Crippen LogP contribution in [0.2, 0.25) is 0 Å². The third kappa shape index (κ3) is 2.83. The van der Waals surface area contributed by atoms with Crippen LogP contribution in [-0.4, -0.2) is 14.5 Å². The van der Waals surface area contributed by atoms with Crippen LogP contribution in [0.1, 0.15) is 17.5 Å². The molecule has 0 spiro atoms. The Labute approximate surface area is 131 Å². The van der Waals surface area contributed by atoms with Gasteiger partial charge in [0.1, 0.15) is 4.21 Å². The van der Waals surface area contributed by atoms with E-state index in [4.69, 9.17) is 0 Å². The van der Waals surface area contributed by atoms with E-state index in [1.54, 1.807) is 11.4 Å². The van der Waals surface area contributed by atoms with Crippen LogP contribution in [0.25, 0.3) is 0 Å². The number of nitrogens with one attached hydrogen (secondary N) is 1. The highest BCUT2D eigenvalue weighted by molar-refractivity contribution is 9.10. The van der Waals surface area contributed by atoms with Crippen LogP contribution in [-0.2, 0) is 22.9 Å². The van der Waals surface area contributed by atoms with Crippen molar-refractivity contribution in [3.8, 4) is 0 Å². The van der Waals surface area contributed by atoms with E-state index in [1.807, 2.05) is 12.1 Å². The lowest BCUT2D eigenvalue weighted by Crippen LogP contribution is -2.38. The van der Waals surface area contributed by atoms with Crippen LogP contribution in [0.3, 0.4) is 0 Å². The first-order valence-corrected chi connectivity index (χ1v) is 9.54. The highest BCUT2D eigenvalue weighted by Crippen LogP contribution is 2.29. The highest BCUT2D eigenvalue weighted by atomic mass is 79.9. The lowest BCUT2D eigenvalue weighted by atomic mass is 9.89. The van der Waals surface area contributed by atoms with E-state index >= 15 is 0 Å². The maximum atomic E-state index is 12.4. The van der Waals surface area contributed by atoms with Gasteiger partial charge in [-0.25, -0.2) is 13.1 Å². The Hall–Kier alpha value is -0.690. The van der Waals surface area contributed by atoms with Crippen molar-refractivity contribution in [3.05, 3.63) is 51.3 Å². The molecule has 1 atom stereocenters. The van der Waals surface area contributed by atoms with E-state index in [0.29, 0.717) is 8.68 Å². The number of thiophene rings is 1. The Kier molecular flexibility index (Phi) is 3.99. The molecule has 0 saturated carbocycles. The van der Waals surface area contributed by atoms with Crippen molar-refractivity contribution >= 4 is 37.3 Å². The van der Waals surface area contributed by atoms with Crippen molar-refractivity contribution in [2.75, 3.05) is 0 Å². The van der Waals surface area contributed by atoms with E-state index < -0.39 is 10.0 Å². The maximum Gasteiger partial charge on any atom is 0.251 e. The molecule has 0 radical (unpaired) electrons. The second-order valence-corrected chi connectivity index (χ2v) is 8.57. The summed E-state index contributed by atoms with van der Waals surface area (Å²) in [7, 11) is -3.43. The molecule has 6 heteroatoms. The standard InChI is InChI=1S/C14H14BrNO2S2/c15-13-7-8-19-14(13)20(17,18)16-12-6-5-10-3-1-2-4-11(10)9-12/h1-4,7-8,12,16H,5-6,9H2. The summed E-state index contributed by atoms with van der Waals surface area (Å²) in [6, 6.07) is 9.98. The summed E-state index contributed by atoms with van der Waals surface area (Å²) < 4.78 is 28.5. The molecule has 1 aromatic carbocycles. The number of rotatable bonds is 3. The second kappa shape index (κ2) is 5.60. The topological polar surface area (TPSA) is 46.2 Å². The van der Waals surface area contributed by atoms with Gasteiger partial charge in [0, 0.05) is 10.5 Å². The van der Waals surface area contributed by atoms with Gasteiger partial charge in [-0.05, 0) is 57.8 Å². The average molecular weight is 372 g/mol. The van der Waals surface area contributed by atoms with Crippen molar-refractivity contribution in [2.24, 2.45) is 0 Å². The summed E-state index contributed by atoms with van der Waals surface area (Å²) in [4.78, 5) is 0. The van der Waals surface area contributed by atoms with Gasteiger partial charge < -0.3 is 0 Å². The molecular weight excluding hydrogens is 358 g/mol. The Morgan fingerprint density at radius 1 is 1.20 bits per heavy atom. The zero-order valence-electron chi connectivity index (χ0n) is 10.7. The van der Waals surface area contributed by atoms with Crippen LogP contribution in [0.5, 0.6) is 0 Å². The fourth-order valence-corrected chi connectivity index (χ4v) is 6.17. The van der Waals surface area contributed by atoms with E-state index in [-0.39, 0.29) is 6.04 Å². The first-order chi connectivity index (χ1) is 9.56. The highest BCUT2D eigenvalue weighted by Gasteiger charge is 2.26. The fraction of sp³-hybridized carbons (Fsp3) is 0.286. The Morgan fingerprint density at radius 2 is 1.95 bits per heavy atom. The predicted molar refractivity (Wildman–Crippen MR) is 84.6 cm³/mol. The van der Waals surface area contributed by atoms with E-state index in [1.165, 1.54) is 22.5 Å². The molecule has 1 aliphatic carbocycles. The number of benzene rings is 1. The molecule has 1 aromatic heterocycles. The molecular formula is C14H14BrNO2S2. The lowest BCUT2D eigenvalue weighted by molar-refractivity contribution is 0.508. The number of fused-ring (bicyclic) bond motifs is 1. The van der Waals surface area contributed by atoms with Crippen molar-refractivity contribution in [3.63, 3.8) is 0 Å². The van der Waals surface area contributed by atoms with Gasteiger partial charge in [-0.15, -0.1) is 11.3 Å². The number of sulfonamides is 1. The number of aryl methyl sites for hydroxylation is 1. The summed E-state index contributed by atoms with van der Waals surface area (Å²) in [5.41, 5.74) is 2.58. The molecule has 0 saturated heterocycles. The molecule has 1 unspecified atom stereocenters. The first-order valence-electron chi connectivity index (χ1n) is 6.38. The van der Waals surface area contributed by atoms with E-state index in [2.05, 4.69) is 32.8 Å². The minimum atomic E-state index is -3.43. The molecule has 3 nitrogen and oxygen atoms in total. The van der Waals surface area contributed by atoms with E-state index in [0.717, 1.165) is 19.3 Å². The fourth-order valence-electron chi connectivity index (χ4n) is 2.54. The normalized spacial score (nSPS) is 18.8. The van der Waals surface area contributed by atoms with Crippen molar-refractivity contribution in [1.82, 2.24) is 4.72 Å². The third-order valence-electron chi connectivity index (χ3n) is 3.50.